The molecule has 1 aromatic carbocycles. The summed E-state index contributed by atoms with van der Waals surface area (Å²) < 4.78 is 5.44. The monoisotopic (exact) mass is 260 g/mol. The van der Waals surface area contributed by atoms with Crippen LogP contribution < -0.4 is 15.4 Å². The van der Waals surface area contributed by atoms with E-state index in [2.05, 4.69) is 16.7 Å². The minimum absolute atomic E-state index is 0.0465. The molecule has 0 aromatic heterocycles. The van der Waals surface area contributed by atoms with Crippen LogP contribution >= 0.6 is 0 Å². The van der Waals surface area contributed by atoms with Crippen LogP contribution in [0.2, 0.25) is 0 Å². The molecule has 5 heteroatoms. The van der Waals surface area contributed by atoms with E-state index in [4.69, 9.17) is 4.74 Å². The first-order chi connectivity index (χ1) is 9.22. The molecule has 0 radical (unpaired) electrons. The van der Waals surface area contributed by atoms with E-state index in [1.54, 1.807) is 0 Å². The Kier molecular flexibility index (Phi) is 3.11. The second-order valence-corrected chi connectivity index (χ2v) is 4.92. The summed E-state index contributed by atoms with van der Waals surface area (Å²) in [5.74, 6) is 0.788. The third kappa shape index (κ3) is 2.54. The first kappa shape index (κ1) is 12.0. The minimum Gasteiger partial charge on any atom is -0.493 e. The predicted molar refractivity (Wildman–Crippen MR) is 68.7 cm³/mol. The summed E-state index contributed by atoms with van der Waals surface area (Å²) in [7, 11) is 0. The van der Waals surface area contributed by atoms with Gasteiger partial charge in [-0.25, -0.2) is 0 Å². The number of ether oxygens (including phenoxy) is 1. The van der Waals surface area contributed by atoms with E-state index in [9.17, 15) is 9.59 Å². The maximum Gasteiger partial charge on any atom is 0.242 e. The number of fused-ring (bicyclic) bond motifs is 1. The Hall–Kier alpha value is -2.04. The molecule has 2 amide bonds. The molecule has 100 valence electrons. The average molecular weight is 260 g/mol. The summed E-state index contributed by atoms with van der Waals surface area (Å²) in [6.45, 7) is 1.22. The van der Waals surface area contributed by atoms with Crippen molar-refractivity contribution in [1.29, 1.82) is 0 Å². The van der Waals surface area contributed by atoms with Crippen molar-refractivity contribution in [3.63, 3.8) is 0 Å². The van der Waals surface area contributed by atoms with Gasteiger partial charge in [-0.15, -0.1) is 0 Å². The standard InChI is InChI=1S/C14H16N2O3/c17-13-4-2-11(16-13)14(18)15-8-9-1-3-12-10(7-9)5-6-19-12/h1,3,7,11H,2,4-6,8H2,(H,15,18)(H,16,17). The summed E-state index contributed by atoms with van der Waals surface area (Å²) in [5.41, 5.74) is 2.25. The smallest absolute Gasteiger partial charge is 0.242 e. The Bertz CT molecular complexity index is 527. The van der Waals surface area contributed by atoms with Crippen LogP contribution in [0.25, 0.3) is 0 Å². The molecule has 0 spiro atoms. The van der Waals surface area contributed by atoms with E-state index in [0.717, 1.165) is 24.3 Å². The van der Waals surface area contributed by atoms with Crippen molar-refractivity contribution >= 4 is 11.8 Å². The zero-order valence-corrected chi connectivity index (χ0v) is 10.6. The molecule has 2 aliphatic heterocycles. The van der Waals surface area contributed by atoms with Crippen molar-refractivity contribution in [2.45, 2.75) is 31.8 Å². The average Bonchev–Trinajstić information content (AvgIpc) is 3.03. The second-order valence-electron chi connectivity index (χ2n) is 4.92. The normalized spacial score (nSPS) is 20.6. The minimum atomic E-state index is -0.370. The van der Waals surface area contributed by atoms with Gasteiger partial charge < -0.3 is 15.4 Å². The highest BCUT2D eigenvalue weighted by molar-refractivity contribution is 5.90. The van der Waals surface area contributed by atoms with Gasteiger partial charge >= 0.3 is 0 Å². The van der Waals surface area contributed by atoms with Crippen molar-refractivity contribution in [2.24, 2.45) is 0 Å². The molecule has 1 fully saturated rings. The van der Waals surface area contributed by atoms with Gasteiger partial charge in [0.2, 0.25) is 11.8 Å². The van der Waals surface area contributed by atoms with Crippen LogP contribution in [0.5, 0.6) is 5.75 Å². The Labute approximate surface area is 111 Å². The molecule has 1 aromatic rings. The Morgan fingerprint density at radius 3 is 3.11 bits per heavy atom. The lowest BCUT2D eigenvalue weighted by atomic mass is 10.1. The number of hydrogen-bond donors (Lipinski definition) is 2. The SMILES string of the molecule is O=C1CCC(C(=O)NCc2ccc3c(c2)CCO3)N1. The predicted octanol–water partition coefficient (Wildman–Crippen LogP) is 0.516. The molecule has 2 heterocycles. The number of amides is 2. The van der Waals surface area contributed by atoms with Gasteiger partial charge in [0.05, 0.1) is 6.61 Å². The van der Waals surface area contributed by atoms with E-state index in [-0.39, 0.29) is 17.9 Å². The van der Waals surface area contributed by atoms with Gasteiger partial charge in [-0.05, 0) is 23.6 Å². The molecule has 3 rings (SSSR count). The largest absolute Gasteiger partial charge is 0.493 e. The Morgan fingerprint density at radius 2 is 2.32 bits per heavy atom. The third-order valence-corrected chi connectivity index (χ3v) is 3.53. The number of carbonyl (C=O) groups is 2. The van der Waals surface area contributed by atoms with Gasteiger partial charge in [0, 0.05) is 19.4 Å². The molecule has 0 bridgehead atoms. The van der Waals surface area contributed by atoms with Gasteiger partial charge in [-0.2, -0.15) is 0 Å². The molecular formula is C14H16N2O3. The van der Waals surface area contributed by atoms with Gasteiger partial charge in [0.1, 0.15) is 11.8 Å². The number of rotatable bonds is 3. The summed E-state index contributed by atoms with van der Waals surface area (Å²) in [6.07, 6.45) is 1.95. The van der Waals surface area contributed by atoms with Crippen LogP contribution in [-0.4, -0.2) is 24.5 Å². The summed E-state index contributed by atoms with van der Waals surface area (Å²) in [5, 5.41) is 5.52. The number of nitrogens with one attached hydrogen (secondary N) is 2. The topological polar surface area (TPSA) is 67.4 Å². The third-order valence-electron chi connectivity index (χ3n) is 3.53. The number of hydrogen-bond acceptors (Lipinski definition) is 3. The van der Waals surface area contributed by atoms with Crippen molar-refractivity contribution in [3.8, 4) is 5.75 Å². The lowest BCUT2D eigenvalue weighted by Gasteiger charge is -2.11. The second kappa shape index (κ2) is 4.91. The van der Waals surface area contributed by atoms with Crippen LogP contribution in [0.3, 0.4) is 0 Å². The molecule has 0 aliphatic carbocycles. The van der Waals surface area contributed by atoms with E-state index in [1.165, 1.54) is 5.56 Å². The molecular weight excluding hydrogens is 244 g/mol. The molecule has 1 unspecified atom stereocenters. The number of carbonyl (C=O) groups excluding carboxylic acids is 2. The summed E-state index contributed by atoms with van der Waals surface area (Å²) in [4.78, 5) is 22.9. The molecule has 0 saturated carbocycles. The van der Waals surface area contributed by atoms with Crippen LogP contribution in [0.4, 0.5) is 0 Å². The molecule has 1 saturated heterocycles. The lowest BCUT2D eigenvalue weighted by molar-refractivity contribution is -0.125. The van der Waals surface area contributed by atoms with Crippen LogP contribution in [0, 0.1) is 0 Å². The van der Waals surface area contributed by atoms with Crippen molar-refractivity contribution in [1.82, 2.24) is 10.6 Å². The molecule has 1 atom stereocenters. The fraction of sp³-hybridized carbons (Fsp3) is 0.429. The quantitative estimate of drug-likeness (QED) is 0.832. The number of benzene rings is 1. The fourth-order valence-corrected chi connectivity index (χ4v) is 2.47. The highest BCUT2D eigenvalue weighted by Gasteiger charge is 2.26. The zero-order chi connectivity index (χ0) is 13.2. The van der Waals surface area contributed by atoms with Crippen molar-refractivity contribution < 1.29 is 14.3 Å². The fourth-order valence-electron chi connectivity index (χ4n) is 2.47. The first-order valence-electron chi connectivity index (χ1n) is 6.54. The molecule has 5 nitrogen and oxygen atoms in total. The van der Waals surface area contributed by atoms with Gasteiger partial charge in [-0.3, -0.25) is 9.59 Å². The molecule has 2 N–H and O–H groups in total. The highest BCUT2D eigenvalue weighted by atomic mass is 16.5. The Morgan fingerprint density at radius 1 is 1.42 bits per heavy atom. The van der Waals surface area contributed by atoms with Crippen molar-refractivity contribution in [2.75, 3.05) is 6.61 Å². The maximum atomic E-state index is 11.8. The Balaban J connectivity index is 1.57. The van der Waals surface area contributed by atoms with E-state index in [1.807, 2.05) is 12.1 Å². The van der Waals surface area contributed by atoms with Crippen LogP contribution in [0.1, 0.15) is 24.0 Å². The van der Waals surface area contributed by atoms with Crippen LogP contribution in [0.15, 0.2) is 18.2 Å². The summed E-state index contributed by atoms with van der Waals surface area (Å²) in [6, 6.07) is 5.60. The van der Waals surface area contributed by atoms with Crippen molar-refractivity contribution in [3.05, 3.63) is 29.3 Å². The van der Waals surface area contributed by atoms with E-state index >= 15 is 0 Å². The van der Waals surface area contributed by atoms with Crippen LogP contribution in [-0.2, 0) is 22.6 Å². The molecule has 2 aliphatic rings. The first-order valence-corrected chi connectivity index (χ1v) is 6.54. The molecule has 19 heavy (non-hydrogen) atoms. The van der Waals surface area contributed by atoms with Gasteiger partial charge in [0.15, 0.2) is 0 Å². The van der Waals surface area contributed by atoms with Gasteiger partial charge in [-0.1, -0.05) is 12.1 Å². The summed E-state index contributed by atoms with van der Waals surface area (Å²) >= 11 is 0. The van der Waals surface area contributed by atoms with E-state index < -0.39 is 0 Å². The zero-order valence-electron chi connectivity index (χ0n) is 10.6. The highest BCUT2D eigenvalue weighted by Crippen LogP contribution is 2.25. The van der Waals surface area contributed by atoms with E-state index in [0.29, 0.717) is 19.4 Å². The lowest BCUT2D eigenvalue weighted by Crippen LogP contribution is -2.41. The maximum absolute atomic E-state index is 11.8. The van der Waals surface area contributed by atoms with Gasteiger partial charge in [0.25, 0.3) is 0 Å².